The van der Waals surface area contributed by atoms with E-state index in [1.165, 1.54) is 17.3 Å². The average Bonchev–Trinajstić information content (AvgIpc) is 3.20. The number of hydrogen-bond acceptors (Lipinski definition) is 5. The number of aromatic nitrogens is 4. The molecular weight excluding hydrogens is 318 g/mol. The summed E-state index contributed by atoms with van der Waals surface area (Å²) < 4.78 is 1.50. The molecule has 1 aromatic carbocycles. The second kappa shape index (κ2) is 8.16. The molecule has 0 spiro atoms. The fourth-order valence-corrected chi connectivity index (χ4v) is 2.56. The zero-order valence-electron chi connectivity index (χ0n) is 13.6. The van der Waals surface area contributed by atoms with Gasteiger partial charge in [-0.2, -0.15) is 5.10 Å². The maximum Gasteiger partial charge on any atom is 0.251 e. The average molecular weight is 337 g/mol. The number of hydrogen-bond donors (Lipinski definition) is 2. The van der Waals surface area contributed by atoms with Crippen LogP contribution in [0.1, 0.15) is 34.8 Å². The van der Waals surface area contributed by atoms with Crippen LogP contribution in [-0.2, 0) is 0 Å². The van der Waals surface area contributed by atoms with E-state index in [-0.39, 0.29) is 18.6 Å². The molecule has 7 nitrogen and oxygen atoms in total. The Morgan fingerprint density at radius 2 is 2.08 bits per heavy atom. The van der Waals surface area contributed by atoms with Crippen molar-refractivity contribution in [2.75, 3.05) is 6.61 Å². The van der Waals surface area contributed by atoms with Crippen molar-refractivity contribution in [3.63, 3.8) is 0 Å². The summed E-state index contributed by atoms with van der Waals surface area (Å²) in [7, 11) is 0. The maximum atomic E-state index is 12.7. The van der Waals surface area contributed by atoms with Crippen LogP contribution >= 0.6 is 0 Å². The Hall–Kier alpha value is -3.06. The summed E-state index contributed by atoms with van der Waals surface area (Å²) in [5.74, 6) is 0.326. The normalized spacial score (nSPS) is 11.9. The molecule has 7 heteroatoms. The molecule has 25 heavy (non-hydrogen) atoms. The van der Waals surface area contributed by atoms with Gasteiger partial charge in [-0.05, 0) is 30.5 Å². The van der Waals surface area contributed by atoms with E-state index in [2.05, 4.69) is 20.4 Å². The molecule has 3 aromatic rings. The lowest BCUT2D eigenvalue weighted by atomic mass is 10.0. The molecule has 0 fully saturated rings. The number of benzene rings is 1. The maximum absolute atomic E-state index is 12.7. The fourth-order valence-electron chi connectivity index (χ4n) is 2.56. The monoisotopic (exact) mass is 337 g/mol. The van der Waals surface area contributed by atoms with E-state index in [0.29, 0.717) is 24.2 Å². The third kappa shape index (κ3) is 4.27. The Labute approximate surface area is 145 Å². The molecule has 2 heterocycles. The first-order valence-electron chi connectivity index (χ1n) is 8.05. The predicted molar refractivity (Wildman–Crippen MR) is 92.1 cm³/mol. The van der Waals surface area contributed by atoms with E-state index in [9.17, 15) is 4.79 Å². The number of pyridine rings is 1. The third-order valence-electron chi connectivity index (χ3n) is 3.82. The second-order valence-electron chi connectivity index (χ2n) is 5.55. The largest absolute Gasteiger partial charge is 0.396 e. The standard InChI is InChI=1S/C18H19N5O2/c24-10-4-7-16(14-5-2-1-3-6-14)22-18(25)15-8-9-20-17(11-15)23-13-19-12-21-23/h1-3,5-6,8-9,11-13,16,24H,4,7,10H2,(H,22,25). The lowest BCUT2D eigenvalue weighted by Crippen LogP contribution is -2.29. The molecule has 3 rings (SSSR count). The highest BCUT2D eigenvalue weighted by Crippen LogP contribution is 2.19. The molecule has 0 aliphatic carbocycles. The quantitative estimate of drug-likeness (QED) is 0.687. The molecular formula is C18H19N5O2. The van der Waals surface area contributed by atoms with E-state index in [1.807, 2.05) is 30.3 Å². The molecule has 1 unspecified atom stereocenters. The summed E-state index contributed by atoms with van der Waals surface area (Å²) in [6.45, 7) is 0.0882. The molecule has 2 N–H and O–H groups in total. The van der Waals surface area contributed by atoms with Crippen LogP contribution in [0.5, 0.6) is 0 Å². The van der Waals surface area contributed by atoms with Gasteiger partial charge < -0.3 is 10.4 Å². The van der Waals surface area contributed by atoms with Gasteiger partial charge in [-0.3, -0.25) is 4.79 Å². The highest BCUT2D eigenvalue weighted by molar-refractivity contribution is 5.94. The van der Waals surface area contributed by atoms with Crippen LogP contribution in [-0.4, -0.2) is 37.4 Å². The number of rotatable bonds is 7. The molecule has 0 aliphatic rings. The number of amides is 1. The van der Waals surface area contributed by atoms with Gasteiger partial charge in [0.15, 0.2) is 5.82 Å². The van der Waals surface area contributed by atoms with Gasteiger partial charge in [-0.15, -0.1) is 0 Å². The number of carbonyl (C=O) groups excluding carboxylic acids is 1. The molecule has 1 atom stereocenters. The summed E-state index contributed by atoms with van der Waals surface area (Å²) in [5.41, 5.74) is 1.50. The van der Waals surface area contributed by atoms with Crippen LogP contribution < -0.4 is 5.32 Å². The molecule has 0 aliphatic heterocycles. The summed E-state index contributed by atoms with van der Waals surface area (Å²) in [6, 6.07) is 12.9. The minimum Gasteiger partial charge on any atom is -0.396 e. The lowest BCUT2D eigenvalue weighted by molar-refractivity contribution is 0.0932. The van der Waals surface area contributed by atoms with Gasteiger partial charge in [0.25, 0.3) is 5.91 Å². The molecule has 2 aromatic heterocycles. The summed E-state index contributed by atoms with van der Waals surface area (Å²) in [6.07, 6.45) is 5.78. The van der Waals surface area contributed by atoms with Crippen molar-refractivity contribution in [2.45, 2.75) is 18.9 Å². The Morgan fingerprint density at radius 1 is 1.24 bits per heavy atom. The Bertz CT molecular complexity index is 805. The molecule has 128 valence electrons. The van der Waals surface area contributed by atoms with Crippen LogP contribution in [0, 0.1) is 0 Å². The first-order valence-corrected chi connectivity index (χ1v) is 8.05. The van der Waals surface area contributed by atoms with Gasteiger partial charge in [-0.25, -0.2) is 14.6 Å². The van der Waals surface area contributed by atoms with Crippen molar-refractivity contribution in [1.29, 1.82) is 0 Å². The molecule has 0 saturated carbocycles. The topological polar surface area (TPSA) is 92.9 Å². The first-order chi connectivity index (χ1) is 12.3. The number of nitrogens with one attached hydrogen (secondary N) is 1. The highest BCUT2D eigenvalue weighted by atomic mass is 16.3. The van der Waals surface area contributed by atoms with Gasteiger partial charge in [0.2, 0.25) is 0 Å². The van der Waals surface area contributed by atoms with Crippen molar-refractivity contribution in [1.82, 2.24) is 25.1 Å². The second-order valence-corrected chi connectivity index (χ2v) is 5.55. The number of aliphatic hydroxyl groups excluding tert-OH is 1. The molecule has 1 amide bonds. The van der Waals surface area contributed by atoms with Gasteiger partial charge in [0.1, 0.15) is 12.7 Å². The first kappa shape index (κ1) is 16.8. The summed E-state index contributed by atoms with van der Waals surface area (Å²) in [4.78, 5) is 20.7. The SMILES string of the molecule is O=C(NC(CCCO)c1ccccc1)c1ccnc(-n2cncn2)c1. The summed E-state index contributed by atoms with van der Waals surface area (Å²) >= 11 is 0. The van der Waals surface area contributed by atoms with Crippen LogP contribution in [0.3, 0.4) is 0 Å². The highest BCUT2D eigenvalue weighted by Gasteiger charge is 2.16. The van der Waals surface area contributed by atoms with Gasteiger partial charge in [-0.1, -0.05) is 30.3 Å². The van der Waals surface area contributed by atoms with Gasteiger partial charge >= 0.3 is 0 Å². The van der Waals surface area contributed by atoms with Gasteiger partial charge in [0.05, 0.1) is 6.04 Å². The van der Waals surface area contributed by atoms with E-state index in [1.54, 1.807) is 18.3 Å². The van der Waals surface area contributed by atoms with Crippen molar-refractivity contribution >= 4 is 5.91 Å². The minimum atomic E-state index is -0.199. The molecule has 0 saturated heterocycles. The fraction of sp³-hybridized carbons (Fsp3) is 0.222. The van der Waals surface area contributed by atoms with Crippen LogP contribution in [0.4, 0.5) is 0 Å². The third-order valence-corrected chi connectivity index (χ3v) is 3.82. The van der Waals surface area contributed by atoms with E-state index < -0.39 is 0 Å². The van der Waals surface area contributed by atoms with Crippen molar-refractivity contribution in [2.24, 2.45) is 0 Å². The molecule has 0 radical (unpaired) electrons. The summed E-state index contributed by atoms with van der Waals surface area (Å²) in [5, 5.41) is 16.2. The smallest absolute Gasteiger partial charge is 0.251 e. The Morgan fingerprint density at radius 3 is 2.80 bits per heavy atom. The molecule has 0 bridgehead atoms. The van der Waals surface area contributed by atoms with E-state index in [4.69, 9.17) is 5.11 Å². The lowest BCUT2D eigenvalue weighted by Gasteiger charge is -2.19. The van der Waals surface area contributed by atoms with Crippen LogP contribution in [0.15, 0.2) is 61.3 Å². The van der Waals surface area contributed by atoms with Crippen LogP contribution in [0.2, 0.25) is 0 Å². The van der Waals surface area contributed by atoms with Gasteiger partial charge in [0, 0.05) is 18.4 Å². The van der Waals surface area contributed by atoms with Crippen molar-refractivity contribution in [3.8, 4) is 5.82 Å². The minimum absolute atomic E-state index is 0.0882. The zero-order valence-corrected chi connectivity index (χ0v) is 13.6. The number of carbonyl (C=O) groups is 1. The zero-order chi connectivity index (χ0) is 17.5. The Balaban J connectivity index is 1.78. The van der Waals surface area contributed by atoms with Crippen molar-refractivity contribution < 1.29 is 9.90 Å². The number of aliphatic hydroxyl groups is 1. The van der Waals surface area contributed by atoms with E-state index in [0.717, 1.165) is 5.56 Å². The predicted octanol–water partition coefficient (Wildman–Crippen LogP) is 1.91. The van der Waals surface area contributed by atoms with E-state index >= 15 is 0 Å². The van der Waals surface area contributed by atoms with Crippen molar-refractivity contribution in [3.05, 3.63) is 72.4 Å². The van der Waals surface area contributed by atoms with Crippen LogP contribution in [0.25, 0.3) is 5.82 Å². The Kier molecular flexibility index (Phi) is 5.48. The number of nitrogens with zero attached hydrogens (tertiary/aromatic N) is 4.